The highest BCUT2D eigenvalue weighted by atomic mass is 19.4. The number of carbonyl (C=O) groups excluding carboxylic acids is 1. The van der Waals surface area contributed by atoms with E-state index in [2.05, 4.69) is 5.32 Å². The first-order valence-electron chi connectivity index (χ1n) is 11.1. The van der Waals surface area contributed by atoms with E-state index in [1.54, 1.807) is 18.2 Å². The lowest BCUT2D eigenvalue weighted by Gasteiger charge is -2.16. The van der Waals surface area contributed by atoms with Gasteiger partial charge in [0.15, 0.2) is 17.4 Å². The number of aromatic nitrogens is 1. The SMILES string of the molecule is COc1ccc(C(=O)Nc2cc(O)n(Cc3ccc(C(F)(F)F)cc3)c2O)cc1OC1CCCC1. The predicted octanol–water partition coefficient (Wildman–Crippen LogP) is 5.55. The van der Waals surface area contributed by atoms with Crippen molar-refractivity contribution in [3.8, 4) is 23.3 Å². The lowest BCUT2D eigenvalue weighted by atomic mass is 10.1. The van der Waals surface area contributed by atoms with Crippen molar-refractivity contribution < 1.29 is 37.7 Å². The molecule has 0 unspecified atom stereocenters. The number of carbonyl (C=O) groups is 1. The first-order chi connectivity index (χ1) is 16.7. The quantitative estimate of drug-likeness (QED) is 0.404. The van der Waals surface area contributed by atoms with Gasteiger partial charge in [0.25, 0.3) is 5.91 Å². The fourth-order valence-corrected chi connectivity index (χ4v) is 4.05. The van der Waals surface area contributed by atoms with Crippen LogP contribution in [0.15, 0.2) is 48.5 Å². The molecule has 0 bridgehead atoms. The van der Waals surface area contributed by atoms with Gasteiger partial charge in [0.2, 0.25) is 5.88 Å². The number of alkyl halides is 3. The van der Waals surface area contributed by atoms with Crippen LogP contribution in [0.3, 0.4) is 0 Å². The lowest BCUT2D eigenvalue weighted by Crippen LogP contribution is -2.14. The number of rotatable bonds is 7. The van der Waals surface area contributed by atoms with Gasteiger partial charge in [0, 0.05) is 11.6 Å². The first-order valence-corrected chi connectivity index (χ1v) is 11.1. The van der Waals surface area contributed by atoms with Crippen molar-refractivity contribution in [2.24, 2.45) is 0 Å². The number of amides is 1. The Morgan fingerprint density at radius 3 is 2.37 bits per heavy atom. The molecule has 7 nitrogen and oxygen atoms in total. The third-order valence-corrected chi connectivity index (χ3v) is 5.94. The first kappa shape index (κ1) is 24.3. The molecule has 4 rings (SSSR count). The summed E-state index contributed by atoms with van der Waals surface area (Å²) < 4.78 is 50.7. The number of hydrogen-bond acceptors (Lipinski definition) is 5. The van der Waals surface area contributed by atoms with E-state index in [0.717, 1.165) is 48.4 Å². The molecular formula is C25H25F3N2O5. The second-order valence-electron chi connectivity index (χ2n) is 8.36. The molecule has 0 spiro atoms. The van der Waals surface area contributed by atoms with E-state index in [0.29, 0.717) is 17.1 Å². The van der Waals surface area contributed by atoms with Gasteiger partial charge in [-0.15, -0.1) is 0 Å². The van der Waals surface area contributed by atoms with Gasteiger partial charge in [-0.2, -0.15) is 13.2 Å². The summed E-state index contributed by atoms with van der Waals surface area (Å²) >= 11 is 0. The third kappa shape index (κ3) is 5.47. The standard InChI is InChI=1S/C25H25F3N2O5/c1-34-20-11-8-16(12-21(20)35-18-4-2-3-5-18)23(32)29-19-13-22(31)30(24(19)33)14-15-6-9-17(10-7-15)25(26,27)28/h6-13,18,31,33H,2-5,14H2,1H3,(H,29,32). The summed E-state index contributed by atoms with van der Waals surface area (Å²) in [6.45, 7) is -0.104. The third-order valence-electron chi connectivity index (χ3n) is 5.94. The van der Waals surface area contributed by atoms with Crippen molar-refractivity contribution in [2.75, 3.05) is 12.4 Å². The molecule has 1 aliphatic carbocycles. The van der Waals surface area contributed by atoms with Crippen LogP contribution in [-0.2, 0) is 12.7 Å². The van der Waals surface area contributed by atoms with Gasteiger partial charge in [0.1, 0.15) is 5.69 Å². The summed E-state index contributed by atoms with van der Waals surface area (Å²) in [7, 11) is 1.51. The molecule has 186 valence electrons. The predicted molar refractivity (Wildman–Crippen MR) is 122 cm³/mol. The number of aromatic hydroxyl groups is 2. The zero-order valence-electron chi connectivity index (χ0n) is 18.9. The molecule has 0 atom stereocenters. The molecule has 1 aromatic heterocycles. The summed E-state index contributed by atoms with van der Waals surface area (Å²) in [5, 5.41) is 23.3. The maximum Gasteiger partial charge on any atom is 0.416 e. The maximum absolute atomic E-state index is 12.8. The van der Waals surface area contributed by atoms with Gasteiger partial charge in [0.05, 0.1) is 25.3 Å². The average Bonchev–Trinajstić information content (AvgIpc) is 3.42. The van der Waals surface area contributed by atoms with Crippen LogP contribution in [-0.4, -0.2) is 33.9 Å². The van der Waals surface area contributed by atoms with Crippen molar-refractivity contribution in [1.82, 2.24) is 4.57 Å². The summed E-state index contributed by atoms with van der Waals surface area (Å²) in [6.07, 6.45) is -0.378. The number of halogens is 3. The van der Waals surface area contributed by atoms with Crippen LogP contribution in [0.1, 0.15) is 47.2 Å². The van der Waals surface area contributed by atoms with Crippen LogP contribution in [0.4, 0.5) is 18.9 Å². The molecule has 1 saturated carbocycles. The van der Waals surface area contributed by atoms with E-state index in [1.807, 2.05) is 0 Å². The monoisotopic (exact) mass is 490 g/mol. The van der Waals surface area contributed by atoms with Crippen LogP contribution < -0.4 is 14.8 Å². The van der Waals surface area contributed by atoms with Crippen molar-refractivity contribution in [3.63, 3.8) is 0 Å². The molecule has 3 N–H and O–H groups in total. The van der Waals surface area contributed by atoms with Crippen molar-refractivity contribution >= 4 is 11.6 Å². The van der Waals surface area contributed by atoms with Gasteiger partial charge >= 0.3 is 6.18 Å². The van der Waals surface area contributed by atoms with Crippen molar-refractivity contribution in [1.29, 1.82) is 0 Å². The van der Waals surface area contributed by atoms with E-state index in [9.17, 15) is 28.2 Å². The molecule has 0 aliphatic heterocycles. The Morgan fingerprint density at radius 2 is 1.74 bits per heavy atom. The second kappa shape index (κ2) is 9.81. The average molecular weight is 490 g/mol. The molecule has 1 amide bonds. The smallest absolute Gasteiger partial charge is 0.416 e. The topological polar surface area (TPSA) is 93.0 Å². The summed E-state index contributed by atoms with van der Waals surface area (Å²) in [5.74, 6) is -0.411. The van der Waals surface area contributed by atoms with E-state index >= 15 is 0 Å². The van der Waals surface area contributed by atoms with Crippen LogP contribution in [0.5, 0.6) is 23.3 Å². The normalized spacial score (nSPS) is 14.2. The van der Waals surface area contributed by atoms with E-state index < -0.39 is 23.5 Å². The van der Waals surface area contributed by atoms with Gasteiger partial charge in [-0.3, -0.25) is 9.36 Å². The Balaban J connectivity index is 1.50. The van der Waals surface area contributed by atoms with E-state index in [4.69, 9.17) is 9.47 Å². The number of methoxy groups -OCH3 is 1. The molecule has 0 radical (unpaired) electrons. The Morgan fingerprint density at radius 1 is 1.06 bits per heavy atom. The summed E-state index contributed by atoms with van der Waals surface area (Å²) in [6, 6.07) is 10.2. The Bertz CT molecular complexity index is 1200. The number of ether oxygens (including phenoxy) is 2. The van der Waals surface area contributed by atoms with Crippen molar-refractivity contribution in [2.45, 2.75) is 44.5 Å². The molecule has 1 fully saturated rings. The minimum Gasteiger partial charge on any atom is -0.494 e. The van der Waals surface area contributed by atoms with Gasteiger partial charge in [-0.05, 0) is 61.6 Å². The summed E-state index contributed by atoms with van der Waals surface area (Å²) in [5.41, 5.74) is -0.173. The van der Waals surface area contributed by atoms with Crippen LogP contribution in [0, 0.1) is 0 Å². The zero-order chi connectivity index (χ0) is 25.2. The largest absolute Gasteiger partial charge is 0.494 e. The van der Waals surface area contributed by atoms with Crippen LogP contribution in [0.25, 0.3) is 0 Å². The number of anilines is 1. The molecular weight excluding hydrogens is 465 g/mol. The molecule has 3 aromatic rings. The molecule has 10 heteroatoms. The van der Waals surface area contributed by atoms with Crippen molar-refractivity contribution in [3.05, 3.63) is 65.2 Å². The van der Waals surface area contributed by atoms with Gasteiger partial charge in [-0.25, -0.2) is 0 Å². The second-order valence-corrected chi connectivity index (χ2v) is 8.36. The van der Waals surface area contributed by atoms with Crippen LogP contribution >= 0.6 is 0 Å². The van der Waals surface area contributed by atoms with E-state index in [-0.39, 0.29) is 29.8 Å². The molecule has 1 heterocycles. The highest BCUT2D eigenvalue weighted by Gasteiger charge is 2.30. The molecule has 2 aromatic carbocycles. The number of hydrogen-bond donors (Lipinski definition) is 3. The highest BCUT2D eigenvalue weighted by molar-refractivity contribution is 6.05. The Hall–Kier alpha value is -3.82. The molecule has 0 saturated heterocycles. The zero-order valence-corrected chi connectivity index (χ0v) is 18.9. The number of benzene rings is 2. The number of nitrogens with one attached hydrogen (secondary N) is 1. The minimum absolute atomic E-state index is 0.0477. The van der Waals surface area contributed by atoms with E-state index in [1.165, 1.54) is 19.2 Å². The maximum atomic E-state index is 12.8. The van der Waals surface area contributed by atoms with Crippen LogP contribution in [0.2, 0.25) is 0 Å². The molecule has 1 aliphatic rings. The number of nitrogens with zero attached hydrogens (tertiary/aromatic N) is 1. The van der Waals surface area contributed by atoms with Gasteiger partial charge < -0.3 is 25.0 Å². The van der Waals surface area contributed by atoms with Gasteiger partial charge in [-0.1, -0.05) is 12.1 Å². The fourth-order valence-electron chi connectivity index (χ4n) is 4.05. The Labute approximate surface area is 199 Å². The minimum atomic E-state index is -4.46. The fraction of sp³-hybridized carbons (Fsp3) is 0.320. The summed E-state index contributed by atoms with van der Waals surface area (Å²) in [4.78, 5) is 12.8. The molecule has 35 heavy (non-hydrogen) atoms. The Kier molecular flexibility index (Phi) is 6.81. The highest BCUT2D eigenvalue weighted by Crippen LogP contribution is 2.36. The lowest BCUT2D eigenvalue weighted by molar-refractivity contribution is -0.137.